The van der Waals surface area contributed by atoms with E-state index in [-0.39, 0.29) is 11.5 Å². The van der Waals surface area contributed by atoms with E-state index in [1.54, 1.807) is 18.3 Å². The predicted molar refractivity (Wildman–Crippen MR) is 104 cm³/mol. The lowest BCUT2D eigenvalue weighted by Gasteiger charge is -2.44. The minimum atomic E-state index is -0.242. The molecule has 5 heterocycles. The maximum atomic E-state index is 12.9. The number of piperidine rings is 1. The number of hydrogen-bond acceptors (Lipinski definition) is 6. The van der Waals surface area contributed by atoms with Gasteiger partial charge < -0.3 is 18.7 Å². The molecule has 0 radical (unpaired) electrons. The second-order valence-electron chi connectivity index (χ2n) is 7.62. The topological polar surface area (TPSA) is 73.4 Å². The van der Waals surface area contributed by atoms with Gasteiger partial charge in [-0.15, -0.1) is 0 Å². The molecule has 0 aliphatic carbocycles. The molecule has 28 heavy (non-hydrogen) atoms. The fraction of sp³-hybridized carbons (Fsp3) is 0.450. The minimum absolute atomic E-state index is 0.00388. The van der Waals surface area contributed by atoms with Crippen LogP contribution >= 0.6 is 11.3 Å². The molecule has 1 spiro atoms. The van der Waals surface area contributed by atoms with Crippen LogP contribution in [0.4, 0.5) is 0 Å². The third-order valence-corrected chi connectivity index (χ3v) is 6.60. The zero-order chi connectivity index (χ0) is 19.3. The summed E-state index contributed by atoms with van der Waals surface area (Å²) in [5.41, 5.74) is 3.35. The van der Waals surface area contributed by atoms with Crippen LogP contribution in [0.3, 0.4) is 0 Å². The van der Waals surface area contributed by atoms with Gasteiger partial charge in [0.15, 0.2) is 0 Å². The molecule has 3 aromatic rings. The summed E-state index contributed by atoms with van der Waals surface area (Å²) in [6.07, 6.45) is 3.56. The van der Waals surface area contributed by atoms with Gasteiger partial charge in [0.05, 0.1) is 29.7 Å². The average molecular weight is 398 g/mol. The molecule has 0 saturated carbocycles. The predicted octanol–water partition coefficient (Wildman–Crippen LogP) is 3.42. The van der Waals surface area contributed by atoms with Crippen LogP contribution in [-0.4, -0.2) is 44.2 Å². The Balaban J connectivity index is 1.33. The van der Waals surface area contributed by atoms with Crippen LogP contribution < -0.4 is 0 Å². The van der Waals surface area contributed by atoms with Crippen LogP contribution in [0.15, 0.2) is 27.5 Å². The average Bonchev–Trinajstić information content (AvgIpc) is 3.42. The number of carbonyl (C=O) groups is 1. The van der Waals surface area contributed by atoms with Crippen LogP contribution in [0.2, 0.25) is 0 Å². The lowest BCUT2D eigenvalue weighted by atomic mass is 9.89. The summed E-state index contributed by atoms with van der Waals surface area (Å²) in [7, 11) is 0. The van der Waals surface area contributed by atoms with Crippen molar-refractivity contribution in [3.8, 4) is 11.3 Å². The van der Waals surface area contributed by atoms with Crippen molar-refractivity contribution in [2.24, 2.45) is 0 Å². The number of likely N-dealkylation sites (tertiary alicyclic amines) is 1. The van der Waals surface area contributed by atoms with Gasteiger partial charge in [-0.25, -0.2) is 4.98 Å². The van der Waals surface area contributed by atoms with E-state index in [1.807, 2.05) is 18.0 Å². The zero-order valence-corrected chi connectivity index (χ0v) is 16.8. The Morgan fingerprint density at radius 2 is 2.11 bits per heavy atom. The quantitative estimate of drug-likeness (QED) is 0.661. The summed E-state index contributed by atoms with van der Waals surface area (Å²) in [4.78, 5) is 19.4. The Kier molecular flexibility index (Phi) is 4.13. The summed E-state index contributed by atoms with van der Waals surface area (Å²) in [5, 5.41) is 8.15. The van der Waals surface area contributed by atoms with Crippen molar-refractivity contribution >= 4 is 17.2 Å². The normalized spacial score (nSPS) is 18.4. The standard InChI is InChI=1S/C20H22N4O3S/c1-13-18(14(2)27-22-13)19(25)23-6-4-20(5-7-23)12-24-16(15-3-8-28-11-15)9-21-17(24)10-26-20/h3,8-9,11H,4-7,10,12H2,1-2H3. The summed E-state index contributed by atoms with van der Waals surface area (Å²) in [5.74, 6) is 1.56. The van der Waals surface area contributed by atoms with E-state index >= 15 is 0 Å². The van der Waals surface area contributed by atoms with Crippen LogP contribution in [0.5, 0.6) is 0 Å². The van der Waals surface area contributed by atoms with Crippen molar-refractivity contribution in [3.05, 3.63) is 45.9 Å². The molecule has 0 bridgehead atoms. The second kappa shape index (κ2) is 6.56. The van der Waals surface area contributed by atoms with Crippen LogP contribution in [-0.2, 0) is 17.9 Å². The molecule has 3 aromatic heterocycles. The molecule has 0 N–H and O–H groups in total. The summed E-state index contributed by atoms with van der Waals surface area (Å²) in [6, 6.07) is 2.13. The van der Waals surface area contributed by atoms with Gasteiger partial charge in [0.25, 0.3) is 5.91 Å². The van der Waals surface area contributed by atoms with Gasteiger partial charge in [-0.3, -0.25) is 4.79 Å². The van der Waals surface area contributed by atoms with Gasteiger partial charge in [-0.05, 0) is 38.1 Å². The summed E-state index contributed by atoms with van der Waals surface area (Å²) >= 11 is 1.69. The van der Waals surface area contributed by atoms with Crippen LogP contribution in [0.25, 0.3) is 11.3 Å². The molecule has 5 rings (SSSR count). The van der Waals surface area contributed by atoms with Crippen molar-refractivity contribution in [3.63, 3.8) is 0 Å². The highest BCUT2D eigenvalue weighted by Gasteiger charge is 2.41. The number of fused-ring (bicyclic) bond motifs is 1. The minimum Gasteiger partial charge on any atom is -0.365 e. The maximum absolute atomic E-state index is 12.9. The molecule has 1 amide bonds. The number of rotatable bonds is 2. The summed E-state index contributed by atoms with van der Waals surface area (Å²) in [6.45, 7) is 6.23. The number of imidazole rings is 1. The molecule has 8 heteroatoms. The second-order valence-corrected chi connectivity index (χ2v) is 8.40. The Hall–Kier alpha value is -2.45. The maximum Gasteiger partial charge on any atom is 0.259 e. The first-order chi connectivity index (χ1) is 13.6. The molecule has 0 aromatic carbocycles. The lowest BCUT2D eigenvalue weighted by molar-refractivity contribution is -0.117. The van der Waals surface area contributed by atoms with E-state index in [1.165, 1.54) is 5.56 Å². The number of nitrogens with zero attached hydrogens (tertiary/aromatic N) is 4. The van der Waals surface area contributed by atoms with E-state index in [0.717, 1.165) is 30.9 Å². The number of aryl methyl sites for hydroxylation is 2. The van der Waals surface area contributed by atoms with Crippen LogP contribution in [0, 0.1) is 13.8 Å². The number of hydrogen-bond donors (Lipinski definition) is 0. The van der Waals surface area contributed by atoms with Crippen molar-refractivity contribution in [1.29, 1.82) is 0 Å². The lowest BCUT2D eigenvalue weighted by Crippen LogP contribution is -2.52. The molecule has 7 nitrogen and oxygen atoms in total. The van der Waals surface area contributed by atoms with E-state index < -0.39 is 0 Å². The molecule has 1 saturated heterocycles. The Morgan fingerprint density at radius 1 is 1.29 bits per heavy atom. The highest BCUT2D eigenvalue weighted by atomic mass is 32.1. The fourth-order valence-electron chi connectivity index (χ4n) is 4.26. The van der Waals surface area contributed by atoms with E-state index in [4.69, 9.17) is 9.26 Å². The van der Waals surface area contributed by atoms with Gasteiger partial charge in [0.2, 0.25) is 0 Å². The van der Waals surface area contributed by atoms with Gasteiger partial charge in [-0.1, -0.05) is 5.16 Å². The summed E-state index contributed by atoms with van der Waals surface area (Å²) < 4.78 is 13.7. The van der Waals surface area contributed by atoms with E-state index in [2.05, 4.69) is 31.5 Å². The van der Waals surface area contributed by atoms with E-state index in [0.29, 0.717) is 36.7 Å². The third-order valence-electron chi connectivity index (χ3n) is 5.92. The Morgan fingerprint density at radius 3 is 2.79 bits per heavy atom. The van der Waals surface area contributed by atoms with Gasteiger partial charge in [0, 0.05) is 24.0 Å². The monoisotopic (exact) mass is 398 g/mol. The van der Waals surface area contributed by atoms with Crippen molar-refractivity contribution in [2.75, 3.05) is 13.1 Å². The van der Waals surface area contributed by atoms with Gasteiger partial charge in [0.1, 0.15) is 23.8 Å². The van der Waals surface area contributed by atoms with Crippen molar-refractivity contribution in [2.45, 2.75) is 45.4 Å². The number of carbonyl (C=O) groups excluding carboxylic acids is 1. The number of ether oxygens (including phenoxy) is 1. The molecule has 0 atom stereocenters. The Bertz CT molecular complexity index is 993. The number of amides is 1. The first-order valence-electron chi connectivity index (χ1n) is 9.49. The highest BCUT2D eigenvalue weighted by molar-refractivity contribution is 7.08. The number of aromatic nitrogens is 3. The van der Waals surface area contributed by atoms with Gasteiger partial charge in [-0.2, -0.15) is 11.3 Å². The first-order valence-corrected chi connectivity index (χ1v) is 10.4. The van der Waals surface area contributed by atoms with Gasteiger partial charge >= 0.3 is 0 Å². The Labute approximate surface area is 166 Å². The van der Waals surface area contributed by atoms with E-state index in [9.17, 15) is 4.79 Å². The first kappa shape index (κ1) is 17.6. The largest absolute Gasteiger partial charge is 0.365 e. The smallest absolute Gasteiger partial charge is 0.259 e. The molecule has 0 unspecified atom stereocenters. The molecule has 2 aliphatic heterocycles. The SMILES string of the molecule is Cc1noc(C)c1C(=O)N1CCC2(CC1)Cn1c(-c3ccsc3)cnc1CO2. The highest BCUT2D eigenvalue weighted by Crippen LogP contribution is 2.36. The third kappa shape index (κ3) is 2.79. The fourth-order valence-corrected chi connectivity index (χ4v) is 4.91. The molecule has 2 aliphatic rings. The number of thiophene rings is 1. The molecule has 146 valence electrons. The zero-order valence-electron chi connectivity index (χ0n) is 16.0. The molecule has 1 fully saturated rings. The van der Waals surface area contributed by atoms with Crippen LogP contribution in [0.1, 0.15) is 40.5 Å². The molecular formula is C20H22N4O3S. The molecular weight excluding hydrogens is 376 g/mol. The van der Waals surface area contributed by atoms with Crippen molar-refractivity contribution in [1.82, 2.24) is 19.6 Å². The van der Waals surface area contributed by atoms with Crippen molar-refractivity contribution < 1.29 is 14.1 Å².